The first-order valence-corrected chi connectivity index (χ1v) is 15.5. The molecule has 2 aromatic carbocycles. The first-order chi connectivity index (χ1) is 19.4. The van der Waals surface area contributed by atoms with Gasteiger partial charge in [0, 0.05) is 36.5 Å². The summed E-state index contributed by atoms with van der Waals surface area (Å²) >= 11 is 0. The molecule has 210 valence electrons. The molecule has 1 aromatic heterocycles. The molecule has 1 N–H and O–H groups in total. The van der Waals surface area contributed by atoms with E-state index in [1.807, 2.05) is 44.2 Å². The first-order valence-electron chi connectivity index (χ1n) is 14.1. The molecule has 1 aliphatic rings. The van der Waals surface area contributed by atoms with Crippen LogP contribution in [-0.2, 0) is 14.8 Å². The quantitative estimate of drug-likeness (QED) is 0.239. The lowest BCUT2D eigenvalue weighted by Crippen LogP contribution is -2.36. The third-order valence-electron chi connectivity index (χ3n) is 7.06. The molecule has 0 radical (unpaired) electrons. The molecule has 4 rings (SSSR count). The zero-order valence-electron chi connectivity index (χ0n) is 23.2. The lowest BCUT2D eigenvalue weighted by molar-refractivity contribution is -0.117. The van der Waals surface area contributed by atoms with Crippen LogP contribution in [0.25, 0.3) is 23.0 Å². The van der Waals surface area contributed by atoms with Gasteiger partial charge in [0.15, 0.2) is 0 Å². The minimum atomic E-state index is -3.70. The molecular weight excluding hydrogens is 522 g/mol. The van der Waals surface area contributed by atoms with Crippen LogP contribution in [0.15, 0.2) is 71.3 Å². The highest BCUT2D eigenvalue weighted by Crippen LogP contribution is 2.29. The van der Waals surface area contributed by atoms with Crippen molar-refractivity contribution in [3.8, 4) is 23.0 Å². The Labute approximate surface area is 237 Å². The molecule has 3 aromatic rings. The Balaban J connectivity index is 1.76. The third kappa shape index (κ3) is 6.87. The predicted molar refractivity (Wildman–Crippen MR) is 157 cm³/mol. The molecule has 0 saturated heterocycles. The van der Waals surface area contributed by atoms with E-state index < -0.39 is 15.9 Å². The van der Waals surface area contributed by atoms with Crippen LogP contribution < -0.4 is 5.32 Å². The summed E-state index contributed by atoms with van der Waals surface area (Å²) in [7, 11) is -3.70. The predicted octanol–water partition coefficient (Wildman–Crippen LogP) is 5.71. The summed E-state index contributed by atoms with van der Waals surface area (Å²) in [6, 6.07) is 18.3. The van der Waals surface area contributed by atoms with Crippen molar-refractivity contribution in [3.05, 3.63) is 71.9 Å². The maximum atomic E-state index is 13.5. The number of amides is 1. The maximum absolute atomic E-state index is 13.5. The van der Waals surface area contributed by atoms with Crippen LogP contribution in [-0.4, -0.2) is 47.5 Å². The average molecular weight is 560 g/mol. The largest absolute Gasteiger partial charge is 0.349 e. The molecule has 1 amide bonds. The number of sulfonamides is 1. The number of hydrogen-bond acceptors (Lipinski definition) is 5. The molecule has 1 heterocycles. The summed E-state index contributed by atoms with van der Waals surface area (Å²) in [5.41, 5.74) is 2.40. The molecule has 0 unspecified atom stereocenters. The van der Waals surface area contributed by atoms with Gasteiger partial charge in [0.1, 0.15) is 17.3 Å². The average Bonchev–Trinajstić information content (AvgIpc) is 3.40. The normalized spacial score (nSPS) is 14.7. The lowest BCUT2D eigenvalue weighted by Gasteiger charge is -2.22. The molecule has 1 aliphatic carbocycles. The van der Waals surface area contributed by atoms with Crippen molar-refractivity contribution in [2.24, 2.45) is 0 Å². The van der Waals surface area contributed by atoms with Gasteiger partial charge in [0.2, 0.25) is 10.0 Å². The number of nitrogens with one attached hydrogen (secondary N) is 1. The number of nitrogens with zero attached hydrogens (tertiary/aromatic N) is 4. The van der Waals surface area contributed by atoms with Crippen molar-refractivity contribution >= 4 is 22.0 Å². The third-order valence-corrected chi connectivity index (χ3v) is 8.95. The van der Waals surface area contributed by atoms with E-state index in [0.717, 1.165) is 44.2 Å². The van der Waals surface area contributed by atoms with Crippen LogP contribution in [0.5, 0.6) is 0 Å². The molecule has 8 nitrogen and oxygen atoms in total. The number of benzene rings is 2. The number of nitriles is 1. The van der Waals surface area contributed by atoms with Gasteiger partial charge in [-0.1, -0.05) is 63.4 Å². The summed E-state index contributed by atoms with van der Waals surface area (Å²) in [6.45, 7) is 4.80. The Hall–Kier alpha value is -3.74. The number of carbonyl (C=O) groups excluding carboxylic acids is 1. The zero-order chi connectivity index (χ0) is 28.5. The van der Waals surface area contributed by atoms with E-state index in [2.05, 4.69) is 11.4 Å². The number of hydrogen-bond donors (Lipinski definition) is 1. The minimum Gasteiger partial charge on any atom is -0.349 e. The Morgan fingerprint density at radius 2 is 1.77 bits per heavy atom. The Bertz CT molecular complexity index is 1480. The van der Waals surface area contributed by atoms with Crippen molar-refractivity contribution in [1.29, 1.82) is 5.26 Å². The molecular formula is C31H37N5O3S. The second-order valence-corrected chi connectivity index (χ2v) is 12.1. The number of aromatic nitrogens is 2. The van der Waals surface area contributed by atoms with Gasteiger partial charge in [-0.05, 0) is 56.0 Å². The van der Waals surface area contributed by atoms with Crippen LogP contribution in [0, 0.1) is 11.3 Å². The Morgan fingerprint density at radius 3 is 2.42 bits per heavy atom. The van der Waals surface area contributed by atoms with E-state index in [-0.39, 0.29) is 16.5 Å². The molecule has 40 heavy (non-hydrogen) atoms. The highest BCUT2D eigenvalue weighted by molar-refractivity contribution is 7.89. The second kappa shape index (κ2) is 13.6. The summed E-state index contributed by atoms with van der Waals surface area (Å²) in [6.07, 6.45) is 9.86. The number of carbonyl (C=O) groups is 1. The molecule has 0 atom stereocenters. The summed E-state index contributed by atoms with van der Waals surface area (Å²) in [5.74, 6) is -0.404. The molecule has 0 aliphatic heterocycles. The molecule has 0 spiro atoms. The van der Waals surface area contributed by atoms with Gasteiger partial charge in [-0.3, -0.25) is 4.79 Å². The Morgan fingerprint density at radius 1 is 1.07 bits per heavy atom. The van der Waals surface area contributed by atoms with Crippen LogP contribution >= 0.6 is 0 Å². The standard InChI is InChI=1S/C31H37N5O3S/c1-3-18-35(19-4-2)40(38,39)29-17-11-12-24(21-29)30-26(23-36(34-30)28-15-9-6-10-16-28)20-25(22-32)31(37)33-27-13-7-5-8-14-27/h6,9-12,15-17,20-21,23,27H,3-5,7-8,13-14,18-19H2,1-2H3,(H,33,37). The van der Waals surface area contributed by atoms with E-state index in [0.29, 0.717) is 29.9 Å². The second-order valence-electron chi connectivity index (χ2n) is 10.1. The fourth-order valence-electron chi connectivity index (χ4n) is 5.05. The maximum Gasteiger partial charge on any atom is 0.262 e. The smallest absolute Gasteiger partial charge is 0.262 e. The van der Waals surface area contributed by atoms with Gasteiger partial charge in [0.05, 0.1) is 10.6 Å². The number of para-hydroxylation sites is 1. The SMILES string of the molecule is CCCN(CCC)S(=O)(=O)c1cccc(-c2nn(-c3ccccc3)cc2C=C(C#N)C(=O)NC2CCCCC2)c1. The lowest BCUT2D eigenvalue weighted by atomic mass is 9.95. The zero-order valence-corrected chi connectivity index (χ0v) is 24.0. The van der Waals surface area contributed by atoms with Crippen molar-refractivity contribution < 1.29 is 13.2 Å². The Kier molecular flexibility index (Phi) is 9.91. The summed E-state index contributed by atoms with van der Waals surface area (Å²) in [5, 5.41) is 17.7. The fourth-order valence-corrected chi connectivity index (χ4v) is 6.72. The monoisotopic (exact) mass is 559 g/mol. The van der Waals surface area contributed by atoms with Gasteiger partial charge in [0.25, 0.3) is 5.91 Å². The van der Waals surface area contributed by atoms with Crippen LogP contribution in [0.4, 0.5) is 0 Å². The van der Waals surface area contributed by atoms with Crippen LogP contribution in [0.1, 0.15) is 64.4 Å². The van der Waals surface area contributed by atoms with Crippen LogP contribution in [0.3, 0.4) is 0 Å². The highest BCUT2D eigenvalue weighted by atomic mass is 32.2. The van der Waals surface area contributed by atoms with Gasteiger partial charge in [-0.2, -0.15) is 14.7 Å². The van der Waals surface area contributed by atoms with Gasteiger partial charge in [-0.15, -0.1) is 0 Å². The first kappa shape index (κ1) is 29.2. The highest BCUT2D eigenvalue weighted by Gasteiger charge is 2.25. The van der Waals surface area contributed by atoms with E-state index in [1.165, 1.54) is 10.7 Å². The minimum absolute atomic E-state index is 0.0136. The van der Waals surface area contributed by atoms with E-state index >= 15 is 0 Å². The molecule has 0 bridgehead atoms. The van der Waals surface area contributed by atoms with Crippen molar-refractivity contribution in [3.63, 3.8) is 0 Å². The number of rotatable bonds is 11. The van der Waals surface area contributed by atoms with Gasteiger partial charge < -0.3 is 5.32 Å². The topological polar surface area (TPSA) is 108 Å². The van der Waals surface area contributed by atoms with Crippen LogP contribution in [0.2, 0.25) is 0 Å². The van der Waals surface area contributed by atoms with E-state index in [4.69, 9.17) is 5.10 Å². The van der Waals surface area contributed by atoms with E-state index in [1.54, 1.807) is 41.2 Å². The van der Waals surface area contributed by atoms with E-state index in [9.17, 15) is 18.5 Å². The van der Waals surface area contributed by atoms with Crippen molar-refractivity contribution in [1.82, 2.24) is 19.4 Å². The van der Waals surface area contributed by atoms with Gasteiger partial charge in [-0.25, -0.2) is 13.1 Å². The summed E-state index contributed by atoms with van der Waals surface area (Å²) in [4.78, 5) is 13.2. The molecule has 9 heteroatoms. The molecule has 1 fully saturated rings. The van der Waals surface area contributed by atoms with Crippen molar-refractivity contribution in [2.75, 3.05) is 13.1 Å². The fraction of sp³-hybridized carbons (Fsp3) is 0.387. The summed E-state index contributed by atoms with van der Waals surface area (Å²) < 4.78 is 30.2. The van der Waals surface area contributed by atoms with Crippen molar-refractivity contribution in [2.45, 2.75) is 69.7 Å². The molecule has 1 saturated carbocycles. The van der Waals surface area contributed by atoms with Gasteiger partial charge >= 0.3 is 0 Å².